The molecule has 0 unspecified atom stereocenters. The Hall–Kier alpha value is -1.76. The molecule has 1 heterocycles. The Morgan fingerprint density at radius 1 is 1.40 bits per heavy atom. The number of aromatic nitrogens is 1. The van der Waals surface area contributed by atoms with Gasteiger partial charge >= 0.3 is 0 Å². The van der Waals surface area contributed by atoms with Gasteiger partial charge in [0.05, 0.1) is 13.1 Å². The van der Waals surface area contributed by atoms with E-state index in [4.69, 9.17) is 5.73 Å². The highest BCUT2D eigenvalue weighted by Crippen LogP contribution is 2.20. The van der Waals surface area contributed by atoms with Crippen LogP contribution in [0.5, 0.6) is 0 Å². The number of rotatable bonds is 6. The van der Waals surface area contributed by atoms with Crippen molar-refractivity contribution in [2.24, 2.45) is 5.73 Å². The van der Waals surface area contributed by atoms with Gasteiger partial charge in [-0.3, -0.25) is 9.59 Å². The third-order valence-corrected chi connectivity index (χ3v) is 3.03. The predicted molar refractivity (Wildman–Crippen MR) is 71.2 cm³/mol. The van der Waals surface area contributed by atoms with Crippen molar-refractivity contribution in [3.05, 3.63) is 22.5 Å². The summed E-state index contributed by atoms with van der Waals surface area (Å²) in [5.41, 5.74) is 6.61. The predicted octanol–water partition coefficient (Wildman–Crippen LogP) is 1.41. The van der Waals surface area contributed by atoms with Gasteiger partial charge in [-0.1, -0.05) is 6.92 Å². The number of nitrogens with one attached hydrogen (secondary N) is 2. The maximum atomic E-state index is 13.0. The number of carbonyl (C=O) groups excluding carboxylic acids is 2. The molecule has 0 saturated heterocycles. The number of carbonyl (C=O) groups is 2. The smallest absolute Gasteiger partial charge is 0.277 e. The number of halogens is 2. The lowest BCUT2D eigenvalue weighted by molar-refractivity contribution is 0.0118. The van der Waals surface area contributed by atoms with Crippen molar-refractivity contribution in [1.82, 2.24) is 10.3 Å². The first-order valence-electron chi connectivity index (χ1n) is 6.32. The summed E-state index contributed by atoms with van der Waals surface area (Å²) in [7, 11) is 0. The van der Waals surface area contributed by atoms with Crippen molar-refractivity contribution in [3.63, 3.8) is 0 Å². The highest BCUT2D eigenvalue weighted by molar-refractivity contribution is 6.02. The van der Waals surface area contributed by atoms with Gasteiger partial charge in [0.15, 0.2) is 5.78 Å². The summed E-state index contributed by atoms with van der Waals surface area (Å²) in [5, 5.41) is 2.13. The Morgan fingerprint density at radius 2 is 2.00 bits per heavy atom. The van der Waals surface area contributed by atoms with E-state index in [-0.39, 0.29) is 11.5 Å². The van der Waals surface area contributed by atoms with E-state index in [1.165, 1.54) is 6.92 Å². The minimum atomic E-state index is -3.15. The van der Waals surface area contributed by atoms with Gasteiger partial charge in [-0.05, 0) is 25.8 Å². The van der Waals surface area contributed by atoms with Crippen LogP contribution in [0.3, 0.4) is 0 Å². The Bertz CT molecular complexity index is 524. The van der Waals surface area contributed by atoms with E-state index in [0.717, 1.165) is 0 Å². The van der Waals surface area contributed by atoms with Crippen molar-refractivity contribution in [3.8, 4) is 0 Å². The van der Waals surface area contributed by atoms with Gasteiger partial charge in [0, 0.05) is 11.3 Å². The maximum absolute atomic E-state index is 13.0. The van der Waals surface area contributed by atoms with Gasteiger partial charge in [0.2, 0.25) is 0 Å². The number of H-pyrrole nitrogens is 1. The molecule has 5 nitrogen and oxygen atoms in total. The molecule has 1 aromatic heterocycles. The van der Waals surface area contributed by atoms with Crippen molar-refractivity contribution >= 4 is 11.7 Å². The molecule has 0 atom stereocenters. The molecular weight excluding hydrogens is 268 g/mol. The average Bonchev–Trinajstić information content (AvgIpc) is 2.73. The topological polar surface area (TPSA) is 88.0 Å². The first-order chi connectivity index (χ1) is 9.23. The SMILES string of the molecule is CCc1c(C(=O)NCC(F)(F)CN)[nH]c(C)c1C(C)=O. The fourth-order valence-electron chi connectivity index (χ4n) is 2.07. The summed E-state index contributed by atoms with van der Waals surface area (Å²) < 4.78 is 26.0. The number of Topliss-reactive ketones (excluding diaryl/α,β-unsaturated/α-hetero) is 1. The summed E-state index contributed by atoms with van der Waals surface area (Å²) in [6.45, 7) is 3.19. The fourth-order valence-corrected chi connectivity index (χ4v) is 2.07. The molecule has 4 N–H and O–H groups in total. The van der Waals surface area contributed by atoms with Crippen LogP contribution >= 0.6 is 0 Å². The number of hydrogen-bond acceptors (Lipinski definition) is 3. The molecule has 0 fully saturated rings. The summed E-state index contributed by atoms with van der Waals surface area (Å²) in [6.07, 6.45) is 0.454. The number of aryl methyl sites for hydroxylation is 1. The fraction of sp³-hybridized carbons (Fsp3) is 0.538. The Kier molecular flexibility index (Phi) is 4.99. The Labute approximate surface area is 115 Å². The van der Waals surface area contributed by atoms with Crippen LogP contribution < -0.4 is 11.1 Å². The lowest BCUT2D eigenvalue weighted by atomic mass is 10.0. The zero-order valence-electron chi connectivity index (χ0n) is 11.8. The van der Waals surface area contributed by atoms with E-state index in [1.807, 2.05) is 0 Å². The van der Waals surface area contributed by atoms with E-state index in [1.54, 1.807) is 13.8 Å². The number of amides is 1. The van der Waals surface area contributed by atoms with Crippen LogP contribution in [0.1, 0.15) is 46.0 Å². The minimum absolute atomic E-state index is 0.156. The van der Waals surface area contributed by atoms with Crippen LogP contribution in [0.15, 0.2) is 0 Å². The van der Waals surface area contributed by atoms with E-state index in [9.17, 15) is 18.4 Å². The zero-order valence-corrected chi connectivity index (χ0v) is 11.8. The average molecular weight is 287 g/mol. The molecule has 0 bridgehead atoms. The maximum Gasteiger partial charge on any atom is 0.277 e. The van der Waals surface area contributed by atoms with Crippen LogP contribution in [0.4, 0.5) is 8.78 Å². The second kappa shape index (κ2) is 6.13. The van der Waals surface area contributed by atoms with Gasteiger partial charge in [-0.25, -0.2) is 8.78 Å². The summed E-state index contributed by atoms with van der Waals surface area (Å²) in [5.74, 6) is -3.97. The molecule has 0 aliphatic rings. The molecule has 0 aromatic carbocycles. The summed E-state index contributed by atoms with van der Waals surface area (Å²) >= 11 is 0. The van der Waals surface area contributed by atoms with Crippen LogP contribution in [0.25, 0.3) is 0 Å². The molecule has 112 valence electrons. The molecule has 0 saturated carbocycles. The third kappa shape index (κ3) is 3.41. The first-order valence-corrected chi connectivity index (χ1v) is 6.32. The summed E-state index contributed by atoms with van der Waals surface area (Å²) in [6, 6.07) is 0. The molecule has 1 rings (SSSR count). The number of hydrogen-bond donors (Lipinski definition) is 3. The normalized spacial score (nSPS) is 11.5. The standard InChI is InChI=1S/C13H19F2N3O2/c1-4-9-10(8(3)19)7(2)18-11(9)12(20)17-6-13(14,15)5-16/h18H,4-6,16H2,1-3H3,(H,17,20). The van der Waals surface area contributed by atoms with Crippen LogP contribution in [0.2, 0.25) is 0 Å². The minimum Gasteiger partial charge on any atom is -0.354 e. The Morgan fingerprint density at radius 3 is 2.45 bits per heavy atom. The highest BCUT2D eigenvalue weighted by atomic mass is 19.3. The molecule has 1 amide bonds. The van der Waals surface area contributed by atoms with Crippen molar-refractivity contribution in [1.29, 1.82) is 0 Å². The molecule has 7 heteroatoms. The van der Waals surface area contributed by atoms with Crippen molar-refractivity contribution in [2.75, 3.05) is 13.1 Å². The molecular formula is C13H19F2N3O2. The van der Waals surface area contributed by atoms with E-state index in [2.05, 4.69) is 10.3 Å². The Balaban J connectivity index is 3.00. The second-order valence-corrected chi connectivity index (χ2v) is 4.63. The van der Waals surface area contributed by atoms with Gasteiger partial charge < -0.3 is 16.0 Å². The monoisotopic (exact) mass is 287 g/mol. The van der Waals surface area contributed by atoms with Crippen molar-refractivity contribution < 1.29 is 18.4 Å². The third-order valence-electron chi connectivity index (χ3n) is 3.03. The number of nitrogens with two attached hydrogens (primary N) is 1. The van der Waals surface area contributed by atoms with Crippen LogP contribution in [-0.4, -0.2) is 35.7 Å². The first kappa shape index (κ1) is 16.3. The molecule has 0 aliphatic heterocycles. The number of ketones is 1. The quantitative estimate of drug-likeness (QED) is 0.691. The van der Waals surface area contributed by atoms with E-state index >= 15 is 0 Å². The number of alkyl halides is 2. The van der Waals surface area contributed by atoms with Crippen LogP contribution in [-0.2, 0) is 6.42 Å². The lowest BCUT2D eigenvalue weighted by Gasteiger charge is -2.14. The lowest BCUT2D eigenvalue weighted by Crippen LogP contribution is -2.41. The van der Waals surface area contributed by atoms with Gasteiger partial charge in [-0.15, -0.1) is 0 Å². The largest absolute Gasteiger partial charge is 0.354 e. The van der Waals surface area contributed by atoms with Gasteiger partial charge in [0.25, 0.3) is 11.8 Å². The molecule has 1 aromatic rings. The second-order valence-electron chi connectivity index (χ2n) is 4.63. The van der Waals surface area contributed by atoms with Gasteiger partial charge in [0.1, 0.15) is 5.69 Å². The van der Waals surface area contributed by atoms with Crippen molar-refractivity contribution in [2.45, 2.75) is 33.1 Å². The molecule has 20 heavy (non-hydrogen) atoms. The zero-order chi connectivity index (χ0) is 15.5. The molecule has 0 spiro atoms. The summed E-state index contributed by atoms with van der Waals surface area (Å²) in [4.78, 5) is 26.3. The van der Waals surface area contributed by atoms with Gasteiger partial charge in [-0.2, -0.15) is 0 Å². The number of aromatic amines is 1. The van der Waals surface area contributed by atoms with Crippen LogP contribution in [0, 0.1) is 6.92 Å². The molecule has 0 aliphatic carbocycles. The molecule has 0 radical (unpaired) electrons. The van der Waals surface area contributed by atoms with E-state index < -0.39 is 24.9 Å². The highest BCUT2D eigenvalue weighted by Gasteiger charge is 2.29. The van der Waals surface area contributed by atoms with E-state index in [0.29, 0.717) is 23.2 Å².